The fraction of sp³-hybridized carbons (Fsp3) is 0.286. The molecule has 1 aliphatic heterocycles. The summed E-state index contributed by atoms with van der Waals surface area (Å²) < 4.78 is 30.2. The maximum absolute atomic E-state index is 13.7. The number of carbonyl (C=O) groups excluding carboxylic acids is 1. The summed E-state index contributed by atoms with van der Waals surface area (Å²) in [6, 6.07) is 12.0. The van der Waals surface area contributed by atoms with Crippen molar-refractivity contribution in [2.75, 3.05) is 26.8 Å². The Kier molecular flexibility index (Phi) is 5.96. The highest BCUT2D eigenvalue weighted by molar-refractivity contribution is 5.91. The molecule has 0 radical (unpaired) electrons. The number of halogens is 1. The van der Waals surface area contributed by atoms with Gasteiger partial charge >= 0.3 is 0 Å². The molecule has 142 valence electrons. The van der Waals surface area contributed by atoms with Crippen LogP contribution in [0.15, 0.2) is 48.5 Å². The number of fused-ring (bicyclic) bond motifs is 1. The lowest BCUT2D eigenvalue weighted by Gasteiger charge is -2.30. The van der Waals surface area contributed by atoms with Gasteiger partial charge in [0, 0.05) is 12.6 Å². The Bertz CT molecular complexity index is 837. The number of para-hydroxylation sites is 2. The molecular weight excluding hydrogens is 349 g/mol. The third-order valence-electron chi connectivity index (χ3n) is 4.28. The molecule has 0 aromatic heterocycles. The highest BCUT2D eigenvalue weighted by Gasteiger charge is 2.24. The SMILES string of the molecule is CCN(CC1COc2ccccc2O1)C(=O)/C=C/c1ccc(OC)c(F)c1. The normalized spacial score (nSPS) is 15.6. The molecule has 27 heavy (non-hydrogen) atoms. The second-order valence-corrected chi connectivity index (χ2v) is 6.10. The van der Waals surface area contributed by atoms with Crippen LogP contribution in [-0.4, -0.2) is 43.7 Å². The van der Waals surface area contributed by atoms with Crippen LogP contribution >= 0.6 is 0 Å². The number of amides is 1. The summed E-state index contributed by atoms with van der Waals surface area (Å²) in [5, 5.41) is 0. The average Bonchev–Trinajstić information content (AvgIpc) is 2.70. The van der Waals surface area contributed by atoms with Gasteiger partial charge in [0.2, 0.25) is 5.91 Å². The Balaban J connectivity index is 1.62. The van der Waals surface area contributed by atoms with E-state index in [0.717, 1.165) is 0 Å². The fourth-order valence-corrected chi connectivity index (χ4v) is 2.83. The van der Waals surface area contributed by atoms with Crippen LogP contribution in [0.4, 0.5) is 4.39 Å². The summed E-state index contributed by atoms with van der Waals surface area (Å²) >= 11 is 0. The zero-order valence-corrected chi connectivity index (χ0v) is 15.4. The number of hydrogen-bond acceptors (Lipinski definition) is 4. The van der Waals surface area contributed by atoms with Gasteiger partial charge in [-0.05, 0) is 42.8 Å². The predicted molar refractivity (Wildman–Crippen MR) is 101 cm³/mol. The van der Waals surface area contributed by atoms with Gasteiger partial charge in [0.25, 0.3) is 0 Å². The number of carbonyl (C=O) groups is 1. The van der Waals surface area contributed by atoms with Crippen molar-refractivity contribution in [3.63, 3.8) is 0 Å². The van der Waals surface area contributed by atoms with Crippen molar-refractivity contribution in [3.05, 3.63) is 59.9 Å². The largest absolute Gasteiger partial charge is 0.494 e. The Labute approximate surface area is 158 Å². The third-order valence-corrected chi connectivity index (χ3v) is 4.28. The molecule has 1 heterocycles. The van der Waals surface area contributed by atoms with E-state index in [2.05, 4.69) is 0 Å². The third kappa shape index (κ3) is 4.58. The molecule has 1 unspecified atom stereocenters. The van der Waals surface area contributed by atoms with Crippen molar-refractivity contribution in [1.82, 2.24) is 4.90 Å². The van der Waals surface area contributed by atoms with Gasteiger partial charge in [0.1, 0.15) is 6.61 Å². The first-order valence-corrected chi connectivity index (χ1v) is 8.79. The van der Waals surface area contributed by atoms with Crippen molar-refractivity contribution < 1.29 is 23.4 Å². The number of benzene rings is 2. The quantitative estimate of drug-likeness (QED) is 0.729. The Morgan fingerprint density at radius 3 is 2.78 bits per heavy atom. The van der Waals surface area contributed by atoms with Crippen LogP contribution in [0.1, 0.15) is 12.5 Å². The minimum atomic E-state index is -0.467. The zero-order valence-electron chi connectivity index (χ0n) is 15.4. The van der Waals surface area contributed by atoms with Gasteiger partial charge in [-0.1, -0.05) is 18.2 Å². The van der Waals surface area contributed by atoms with E-state index in [1.807, 2.05) is 31.2 Å². The molecule has 1 amide bonds. The van der Waals surface area contributed by atoms with Crippen LogP contribution in [-0.2, 0) is 4.79 Å². The van der Waals surface area contributed by atoms with Crippen LogP contribution in [0, 0.1) is 5.82 Å². The molecule has 0 aliphatic carbocycles. The molecule has 6 heteroatoms. The van der Waals surface area contributed by atoms with Gasteiger partial charge in [0.15, 0.2) is 29.2 Å². The summed E-state index contributed by atoms with van der Waals surface area (Å²) in [6.45, 7) is 3.22. The molecule has 1 atom stereocenters. The first-order chi connectivity index (χ1) is 13.1. The maximum Gasteiger partial charge on any atom is 0.246 e. The number of rotatable bonds is 6. The fourth-order valence-electron chi connectivity index (χ4n) is 2.83. The minimum Gasteiger partial charge on any atom is -0.494 e. The van der Waals surface area contributed by atoms with E-state index in [0.29, 0.717) is 36.8 Å². The molecule has 0 saturated carbocycles. The van der Waals surface area contributed by atoms with Crippen LogP contribution < -0.4 is 14.2 Å². The van der Waals surface area contributed by atoms with E-state index in [1.165, 1.54) is 25.3 Å². The number of nitrogens with zero attached hydrogens (tertiary/aromatic N) is 1. The monoisotopic (exact) mass is 371 g/mol. The van der Waals surface area contributed by atoms with E-state index in [-0.39, 0.29) is 17.8 Å². The summed E-state index contributed by atoms with van der Waals surface area (Å²) in [5.74, 6) is 0.927. The van der Waals surface area contributed by atoms with Gasteiger partial charge in [-0.2, -0.15) is 0 Å². The van der Waals surface area contributed by atoms with Crippen molar-refractivity contribution in [2.45, 2.75) is 13.0 Å². The first kappa shape index (κ1) is 18.8. The molecule has 3 rings (SSSR count). The van der Waals surface area contributed by atoms with Crippen LogP contribution in [0.25, 0.3) is 6.08 Å². The lowest BCUT2D eigenvalue weighted by atomic mass is 10.2. The van der Waals surface area contributed by atoms with Crippen molar-refractivity contribution in [3.8, 4) is 17.2 Å². The van der Waals surface area contributed by atoms with Gasteiger partial charge in [-0.15, -0.1) is 0 Å². The lowest BCUT2D eigenvalue weighted by molar-refractivity contribution is -0.127. The van der Waals surface area contributed by atoms with Crippen LogP contribution in [0.5, 0.6) is 17.2 Å². The summed E-state index contributed by atoms with van der Waals surface area (Å²) in [7, 11) is 1.41. The predicted octanol–water partition coefficient (Wildman–Crippen LogP) is 3.54. The second kappa shape index (κ2) is 8.58. The van der Waals surface area contributed by atoms with E-state index in [9.17, 15) is 9.18 Å². The summed E-state index contributed by atoms with van der Waals surface area (Å²) in [6.07, 6.45) is 2.78. The number of ether oxygens (including phenoxy) is 3. The van der Waals surface area contributed by atoms with Crippen LogP contribution in [0.3, 0.4) is 0 Å². The standard InChI is InChI=1S/C21H22FNO4/c1-3-23(13-16-14-26-19-6-4-5-7-20(19)27-16)21(24)11-9-15-8-10-18(25-2)17(22)12-15/h4-12,16H,3,13-14H2,1-2H3/b11-9+. The van der Waals surface area contributed by atoms with Crippen LogP contribution in [0.2, 0.25) is 0 Å². The molecule has 0 N–H and O–H groups in total. The van der Waals surface area contributed by atoms with E-state index in [4.69, 9.17) is 14.2 Å². The number of likely N-dealkylation sites (N-methyl/N-ethyl adjacent to an activating group) is 1. The van der Waals surface area contributed by atoms with Gasteiger partial charge in [-0.25, -0.2) is 4.39 Å². The summed E-state index contributed by atoms with van der Waals surface area (Å²) in [4.78, 5) is 14.2. The van der Waals surface area contributed by atoms with Gasteiger partial charge in [0.05, 0.1) is 13.7 Å². The molecule has 0 spiro atoms. The zero-order chi connectivity index (χ0) is 19.2. The molecule has 0 bridgehead atoms. The molecular formula is C21H22FNO4. The maximum atomic E-state index is 13.7. The Morgan fingerprint density at radius 1 is 1.30 bits per heavy atom. The highest BCUT2D eigenvalue weighted by atomic mass is 19.1. The van der Waals surface area contributed by atoms with Gasteiger partial charge in [-0.3, -0.25) is 4.79 Å². The van der Waals surface area contributed by atoms with Crippen molar-refractivity contribution in [2.24, 2.45) is 0 Å². The van der Waals surface area contributed by atoms with E-state index in [1.54, 1.807) is 17.0 Å². The van der Waals surface area contributed by atoms with Crippen molar-refractivity contribution in [1.29, 1.82) is 0 Å². The molecule has 5 nitrogen and oxygen atoms in total. The Morgan fingerprint density at radius 2 is 2.07 bits per heavy atom. The Hall–Kier alpha value is -3.02. The van der Waals surface area contributed by atoms with Gasteiger partial charge < -0.3 is 19.1 Å². The molecule has 0 fully saturated rings. The van der Waals surface area contributed by atoms with Crippen molar-refractivity contribution >= 4 is 12.0 Å². The highest BCUT2D eigenvalue weighted by Crippen LogP contribution is 2.31. The summed E-state index contributed by atoms with van der Waals surface area (Å²) in [5.41, 5.74) is 0.587. The van der Waals surface area contributed by atoms with E-state index >= 15 is 0 Å². The lowest BCUT2D eigenvalue weighted by Crippen LogP contribution is -2.43. The minimum absolute atomic E-state index is 0.170. The first-order valence-electron chi connectivity index (χ1n) is 8.79. The average molecular weight is 371 g/mol. The second-order valence-electron chi connectivity index (χ2n) is 6.10. The molecule has 0 saturated heterocycles. The molecule has 2 aromatic carbocycles. The molecule has 2 aromatic rings. The smallest absolute Gasteiger partial charge is 0.246 e. The van der Waals surface area contributed by atoms with E-state index < -0.39 is 5.82 Å². The topological polar surface area (TPSA) is 48.0 Å². The number of methoxy groups -OCH3 is 1. The molecule has 1 aliphatic rings. The number of hydrogen-bond donors (Lipinski definition) is 0.